The van der Waals surface area contributed by atoms with Crippen molar-refractivity contribution >= 4 is 0 Å². The molecule has 3 fully saturated rings. The second kappa shape index (κ2) is 7.73. The zero-order valence-corrected chi connectivity index (χ0v) is 10.5. The Hall–Kier alpha value is -0.770. The van der Waals surface area contributed by atoms with Crippen molar-refractivity contribution in [2.24, 2.45) is 17.0 Å². The summed E-state index contributed by atoms with van der Waals surface area (Å²) in [5.41, 5.74) is 8.08. The zero-order valence-electron chi connectivity index (χ0n) is 10.5. The highest BCUT2D eigenvalue weighted by Gasteiger charge is 2.46. The van der Waals surface area contributed by atoms with Crippen LogP contribution in [0.25, 0.3) is 10.4 Å². The van der Waals surface area contributed by atoms with Crippen LogP contribution in [-0.2, 0) is 4.74 Å². The van der Waals surface area contributed by atoms with Crippen LogP contribution < -0.4 is 0 Å². The molecule has 1 aliphatic heterocycles. The molecule has 3 aliphatic rings. The van der Waals surface area contributed by atoms with Crippen molar-refractivity contribution in [3.63, 3.8) is 0 Å². The lowest BCUT2D eigenvalue weighted by molar-refractivity contribution is 0.162. The molecule has 2 saturated carbocycles. The standard InChI is InChI=1S/C6H11N3O.C6H10O.2CH4/c1-4-2-5(8-9-7)6(10)3-4;1-4-2-5-6(3-4)7-5;;/h4-6,10H,2-3H2,1H3;4-6H,2-3H2,1H3;2*1H4/t4-,5+,6+;4?,5-,6?;;/m11../s1. The third-order valence-corrected chi connectivity index (χ3v) is 3.89. The predicted molar refractivity (Wildman–Crippen MR) is 77.9 cm³/mol. The van der Waals surface area contributed by atoms with E-state index in [1.807, 2.05) is 0 Å². The monoisotopic (exact) mass is 271 g/mol. The summed E-state index contributed by atoms with van der Waals surface area (Å²) in [5, 5.41) is 12.7. The molecular weight excluding hydrogens is 242 g/mol. The number of nitrogens with zero attached hydrogens (tertiary/aromatic N) is 3. The SMILES string of the molecule is C.C.CC1CC2O[C@@H]2C1.C[C@@H]1C[C@H](N=[N+]=[N-])[C@@H](O)C1. The number of fused-ring (bicyclic) bond motifs is 1. The van der Waals surface area contributed by atoms with Crippen molar-refractivity contribution in [3.05, 3.63) is 10.4 Å². The van der Waals surface area contributed by atoms with E-state index in [0.717, 1.165) is 18.8 Å². The molecule has 0 bridgehead atoms. The number of rotatable bonds is 1. The van der Waals surface area contributed by atoms with Gasteiger partial charge >= 0.3 is 0 Å². The Kier molecular flexibility index (Phi) is 7.42. The molecule has 2 unspecified atom stereocenters. The van der Waals surface area contributed by atoms with Crippen molar-refractivity contribution in [3.8, 4) is 0 Å². The number of ether oxygens (including phenoxy) is 1. The molecule has 5 nitrogen and oxygen atoms in total. The maximum atomic E-state index is 9.23. The highest BCUT2D eigenvalue weighted by atomic mass is 16.6. The molecular formula is C14H29N3O2. The first kappa shape index (κ1) is 18.2. The van der Waals surface area contributed by atoms with Crippen molar-refractivity contribution in [1.29, 1.82) is 0 Å². The Bertz CT molecular complexity index is 308. The average Bonchev–Trinajstić information content (AvgIpc) is 2.73. The predicted octanol–water partition coefficient (Wildman–Crippen LogP) is 3.91. The summed E-state index contributed by atoms with van der Waals surface area (Å²) in [4.78, 5) is 2.67. The highest BCUT2D eigenvalue weighted by Crippen LogP contribution is 2.41. The van der Waals surface area contributed by atoms with Crippen molar-refractivity contribution < 1.29 is 9.84 Å². The Morgan fingerprint density at radius 3 is 1.89 bits per heavy atom. The van der Waals surface area contributed by atoms with Crippen LogP contribution >= 0.6 is 0 Å². The molecule has 1 saturated heterocycles. The fourth-order valence-electron chi connectivity index (χ4n) is 2.91. The van der Waals surface area contributed by atoms with Gasteiger partial charge in [-0.15, -0.1) is 0 Å². The first-order valence-corrected chi connectivity index (χ1v) is 6.48. The Morgan fingerprint density at radius 1 is 1.05 bits per heavy atom. The summed E-state index contributed by atoms with van der Waals surface area (Å²) in [6.07, 6.45) is 5.21. The Morgan fingerprint density at radius 2 is 1.58 bits per heavy atom. The molecule has 0 radical (unpaired) electrons. The molecule has 5 heteroatoms. The van der Waals surface area contributed by atoms with E-state index in [1.54, 1.807) is 0 Å². The molecule has 6 atom stereocenters. The van der Waals surface area contributed by atoms with E-state index in [9.17, 15) is 5.11 Å². The number of hydrogen-bond donors (Lipinski definition) is 1. The van der Waals surface area contributed by atoms with Gasteiger partial charge in [0, 0.05) is 4.91 Å². The van der Waals surface area contributed by atoms with E-state index in [4.69, 9.17) is 10.3 Å². The van der Waals surface area contributed by atoms with E-state index in [-0.39, 0.29) is 20.9 Å². The minimum atomic E-state index is -0.411. The Balaban J connectivity index is 0.000000320. The van der Waals surface area contributed by atoms with Gasteiger partial charge < -0.3 is 9.84 Å². The summed E-state index contributed by atoms with van der Waals surface area (Å²) in [6.45, 7) is 4.35. The van der Waals surface area contributed by atoms with Gasteiger partial charge in [-0.2, -0.15) is 0 Å². The normalized spacial score (nSPS) is 41.6. The van der Waals surface area contributed by atoms with Crippen molar-refractivity contribution in [1.82, 2.24) is 0 Å². The van der Waals surface area contributed by atoms with Crippen LogP contribution in [0.3, 0.4) is 0 Å². The summed E-state index contributed by atoms with van der Waals surface area (Å²) < 4.78 is 5.22. The second-order valence-corrected chi connectivity index (χ2v) is 5.71. The van der Waals surface area contributed by atoms with Crippen LogP contribution in [0.1, 0.15) is 54.4 Å². The van der Waals surface area contributed by atoms with E-state index in [1.165, 1.54) is 12.8 Å². The van der Waals surface area contributed by atoms with Crippen LogP contribution in [0, 0.1) is 11.8 Å². The smallest absolute Gasteiger partial charge is 0.0844 e. The van der Waals surface area contributed by atoms with Crippen LogP contribution in [0.4, 0.5) is 0 Å². The first-order valence-electron chi connectivity index (χ1n) is 6.48. The summed E-state index contributed by atoms with van der Waals surface area (Å²) in [6, 6.07) is -0.181. The van der Waals surface area contributed by atoms with E-state index >= 15 is 0 Å². The molecule has 0 spiro atoms. The molecule has 0 aromatic carbocycles. The molecule has 0 aromatic heterocycles. The summed E-state index contributed by atoms with van der Waals surface area (Å²) >= 11 is 0. The summed E-state index contributed by atoms with van der Waals surface area (Å²) in [7, 11) is 0. The van der Waals surface area contributed by atoms with Crippen molar-refractivity contribution in [2.75, 3.05) is 0 Å². The second-order valence-electron chi connectivity index (χ2n) is 5.71. The molecule has 1 N–H and O–H groups in total. The van der Waals surface area contributed by atoms with Gasteiger partial charge in [0.25, 0.3) is 0 Å². The molecule has 19 heavy (non-hydrogen) atoms. The molecule has 1 heterocycles. The maximum absolute atomic E-state index is 9.23. The lowest BCUT2D eigenvalue weighted by Gasteiger charge is -2.04. The third kappa shape index (κ3) is 5.01. The van der Waals surface area contributed by atoms with Gasteiger partial charge in [-0.05, 0) is 43.1 Å². The first-order chi connectivity index (χ1) is 8.10. The maximum Gasteiger partial charge on any atom is 0.0844 e. The number of hydrogen-bond acceptors (Lipinski definition) is 3. The van der Waals surface area contributed by atoms with E-state index in [2.05, 4.69) is 23.9 Å². The molecule has 112 valence electrons. The molecule has 3 rings (SSSR count). The minimum absolute atomic E-state index is 0. The molecule has 0 aromatic rings. The topological polar surface area (TPSA) is 81.5 Å². The lowest BCUT2D eigenvalue weighted by atomic mass is 10.1. The quantitative estimate of drug-likeness (QED) is 0.339. The molecule has 0 amide bonds. The number of aliphatic hydroxyl groups is 1. The van der Waals surface area contributed by atoms with Gasteiger partial charge in [-0.25, -0.2) is 0 Å². The van der Waals surface area contributed by atoms with E-state index in [0.29, 0.717) is 18.1 Å². The number of aliphatic hydroxyl groups excluding tert-OH is 1. The average molecular weight is 271 g/mol. The van der Waals surface area contributed by atoms with Crippen molar-refractivity contribution in [2.45, 2.75) is 78.7 Å². The van der Waals surface area contributed by atoms with Gasteiger partial charge in [-0.3, -0.25) is 0 Å². The fraction of sp³-hybridized carbons (Fsp3) is 1.00. The van der Waals surface area contributed by atoms with Gasteiger partial charge in [0.15, 0.2) is 0 Å². The van der Waals surface area contributed by atoms with Crippen LogP contribution in [-0.4, -0.2) is 29.5 Å². The molecule has 2 aliphatic carbocycles. The number of azide groups is 1. The van der Waals surface area contributed by atoms with E-state index < -0.39 is 6.10 Å². The largest absolute Gasteiger partial charge is 0.393 e. The van der Waals surface area contributed by atoms with Gasteiger partial charge in [0.2, 0.25) is 0 Å². The fourth-order valence-corrected chi connectivity index (χ4v) is 2.91. The van der Waals surface area contributed by atoms with Gasteiger partial charge in [0.05, 0.1) is 24.4 Å². The lowest BCUT2D eigenvalue weighted by Crippen LogP contribution is -2.15. The van der Waals surface area contributed by atoms with Gasteiger partial charge in [0.1, 0.15) is 0 Å². The van der Waals surface area contributed by atoms with Crippen LogP contribution in [0.5, 0.6) is 0 Å². The van der Waals surface area contributed by atoms with Gasteiger partial charge in [-0.1, -0.05) is 33.8 Å². The summed E-state index contributed by atoms with van der Waals surface area (Å²) in [5.74, 6) is 1.44. The van der Waals surface area contributed by atoms with Crippen LogP contribution in [0.15, 0.2) is 5.11 Å². The Labute approximate surface area is 117 Å². The van der Waals surface area contributed by atoms with Crippen LogP contribution in [0.2, 0.25) is 0 Å². The third-order valence-electron chi connectivity index (χ3n) is 3.89. The minimum Gasteiger partial charge on any atom is -0.393 e. The number of epoxide rings is 1. The zero-order chi connectivity index (χ0) is 12.4. The highest BCUT2D eigenvalue weighted by molar-refractivity contribution is 4.93.